The van der Waals surface area contributed by atoms with Gasteiger partial charge in [0.05, 0.1) is 30.1 Å². The number of nitrogens with zero attached hydrogens (tertiary/aromatic N) is 3. The lowest BCUT2D eigenvalue weighted by molar-refractivity contribution is -0.115. The number of amides is 1. The molecule has 4 rings (SSSR count). The largest absolute Gasteiger partial charge is 0.497 e. The van der Waals surface area contributed by atoms with Crippen LogP contribution in [0.5, 0.6) is 5.75 Å². The van der Waals surface area contributed by atoms with Crippen molar-refractivity contribution in [1.82, 2.24) is 14.1 Å². The maximum atomic E-state index is 12.7. The normalized spacial score (nSPS) is 10.9. The van der Waals surface area contributed by atoms with Crippen molar-refractivity contribution >= 4 is 33.3 Å². The Hall–Kier alpha value is -3.72. The third-order valence-corrected chi connectivity index (χ3v) is 5.83. The number of carbonyl (C=O) groups is 1. The Morgan fingerprint density at radius 1 is 1.10 bits per heavy atom. The predicted molar refractivity (Wildman–Crippen MR) is 121 cm³/mol. The first kappa shape index (κ1) is 20.5. The third-order valence-electron chi connectivity index (χ3n) is 5.07. The van der Waals surface area contributed by atoms with Gasteiger partial charge in [-0.05, 0) is 35.9 Å². The highest BCUT2D eigenvalue weighted by molar-refractivity contribution is 7.14. The molecule has 0 atom stereocenters. The Morgan fingerprint density at radius 3 is 2.55 bits per heavy atom. The van der Waals surface area contributed by atoms with Crippen molar-refractivity contribution in [1.29, 1.82) is 0 Å². The number of anilines is 1. The van der Waals surface area contributed by atoms with Crippen LogP contribution in [0, 0.1) is 0 Å². The second-order valence-corrected chi connectivity index (χ2v) is 7.87. The van der Waals surface area contributed by atoms with Gasteiger partial charge in [-0.1, -0.05) is 12.1 Å². The van der Waals surface area contributed by atoms with Gasteiger partial charge < -0.3 is 10.1 Å². The van der Waals surface area contributed by atoms with Crippen LogP contribution in [0.2, 0.25) is 0 Å². The van der Waals surface area contributed by atoms with Crippen LogP contribution in [0.3, 0.4) is 0 Å². The number of hydrogen-bond donors (Lipinski definition) is 1. The lowest BCUT2D eigenvalue weighted by Gasteiger charge is -2.10. The van der Waals surface area contributed by atoms with E-state index in [1.807, 2.05) is 29.6 Å². The van der Waals surface area contributed by atoms with Crippen molar-refractivity contribution in [2.45, 2.75) is 6.42 Å². The number of aryl methyl sites for hydroxylation is 1. The van der Waals surface area contributed by atoms with Crippen molar-refractivity contribution < 1.29 is 9.53 Å². The highest BCUT2D eigenvalue weighted by atomic mass is 32.1. The number of fused-ring (bicyclic) bond motifs is 1. The van der Waals surface area contributed by atoms with E-state index in [9.17, 15) is 14.4 Å². The molecule has 1 amide bonds. The van der Waals surface area contributed by atoms with E-state index in [0.29, 0.717) is 21.6 Å². The van der Waals surface area contributed by atoms with Crippen LogP contribution >= 0.6 is 11.3 Å². The zero-order valence-electron chi connectivity index (χ0n) is 17.2. The van der Waals surface area contributed by atoms with Crippen LogP contribution in [0.15, 0.2) is 57.4 Å². The standard InChI is InChI=1S/C22H20N4O4S/c1-25-17-6-4-5-14(19(17)20(28)26(2)22(25)29)11-18(27)24-21-23-16(12-31-21)13-7-9-15(30-3)10-8-13/h4-10,12H,11H2,1-3H3,(H,23,24,27). The molecule has 9 heteroatoms. The number of carbonyl (C=O) groups excluding carboxylic acids is 1. The maximum absolute atomic E-state index is 12.7. The van der Waals surface area contributed by atoms with Crippen molar-refractivity contribution in [3.05, 3.63) is 74.2 Å². The Balaban J connectivity index is 1.57. The summed E-state index contributed by atoms with van der Waals surface area (Å²) in [6.45, 7) is 0. The minimum absolute atomic E-state index is 0.0117. The van der Waals surface area contributed by atoms with Crippen LogP contribution in [0.1, 0.15) is 5.56 Å². The first-order chi connectivity index (χ1) is 14.9. The molecule has 4 aromatic rings. The highest BCUT2D eigenvalue weighted by Crippen LogP contribution is 2.26. The molecule has 2 aromatic carbocycles. The molecule has 31 heavy (non-hydrogen) atoms. The molecule has 0 saturated carbocycles. The zero-order chi connectivity index (χ0) is 22.1. The van der Waals surface area contributed by atoms with E-state index in [1.54, 1.807) is 32.4 Å². The summed E-state index contributed by atoms with van der Waals surface area (Å²) in [6.07, 6.45) is -0.0117. The van der Waals surface area contributed by atoms with Gasteiger partial charge in [-0.25, -0.2) is 9.78 Å². The highest BCUT2D eigenvalue weighted by Gasteiger charge is 2.15. The van der Waals surface area contributed by atoms with Gasteiger partial charge in [-0.3, -0.25) is 18.7 Å². The van der Waals surface area contributed by atoms with Gasteiger partial charge in [-0.2, -0.15) is 0 Å². The van der Waals surface area contributed by atoms with Crippen LogP contribution < -0.4 is 21.3 Å². The Labute approximate surface area is 181 Å². The third kappa shape index (κ3) is 3.87. The minimum atomic E-state index is -0.419. The van der Waals surface area contributed by atoms with Gasteiger partial charge in [-0.15, -0.1) is 11.3 Å². The summed E-state index contributed by atoms with van der Waals surface area (Å²) in [7, 11) is 4.64. The van der Waals surface area contributed by atoms with E-state index >= 15 is 0 Å². The second-order valence-electron chi connectivity index (χ2n) is 7.01. The molecule has 0 aliphatic carbocycles. The summed E-state index contributed by atoms with van der Waals surface area (Å²) < 4.78 is 7.61. The van der Waals surface area contributed by atoms with E-state index in [0.717, 1.165) is 21.6 Å². The van der Waals surface area contributed by atoms with Crippen LogP contribution in [0.4, 0.5) is 5.13 Å². The van der Waals surface area contributed by atoms with Crippen LogP contribution in [-0.2, 0) is 25.3 Å². The fraction of sp³-hybridized carbons (Fsp3) is 0.182. The summed E-state index contributed by atoms with van der Waals surface area (Å²) in [6, 6.07) is 12.6. The molecule has 8 nitrogen and oxygen atoms in total. The van der Waals surface area contributed by atoms with Gasteiger partial charge in [0.1, 0.15) is 5.75 Å². The molecule has 2 aromatic heterocycles. The van der Waals surface area contributed by atoms with Crippen molar-refractivity contribution in [3.63, 3.8) is 0 Å². The Bertz CT molecular complexity index is 1400. The maximum Gasteiger partial charge on any atom is 0.330 e. The van der Waals surface area contributed by atoms with E-state index in [4.69, 9.17) is 4.74 Å². The fourth-order valence-electron chi connectivity index (χ4n) is 3.40. The summed E-state index contributed by atoms with van der Waals surface area (Å²) in [5, 5.41) is 5.49. The van der Waals surface area contributed by atoms with Gasteiger partial charge in [0.25, 0.3) is 5.56 Å². The monoisotopic (exact) mass is 436 g/mol. The van der Waals surface area contributed by atoms with E-state index in [2.05, 4.69) is 10.3 Å². The number of methoxy groups -OCH3 is 1. The molecular weight excluding hydrogens is 416 g/mol. The number of aromatic nitrogens is 3. The molecule has 158 valence electrons. The molecule has 1 N–H and O–H groups in total. The predicted octanol–water partition coefficient (Wildman–Crippen LogP) is 2.55. The minimum Gasteiger partial charge on any atom is -0.497 e. The molecule has 0 unspecified atom stereocenters. The quantitative estimate of drug-likeness (QED) is 0.519. The molecule has 0 saturated heterocycles. The molecule has 0 bridgehead atoms. The average Bonchev–Trinajstić information content (AvgIpc) is 3.24. The zero-order valence-corrected chi connectivity index (χ0v) is 18.0. The number of thiazole rings is 1. The number of hydrogen-bond acceptors (Lipinski definition) is 6. The molecule has 0 radical (unpaired) electrons. The number of ether oxygens (including phenoxy) is 1. The summed E-state index contributed by atoms with van der Waals surface area (Å²) in [5.41, 5.74) is 1.88. The first-order valence-corrected chi connectivity index (χ1v) is 10.3. The van der Waals surface area contributed by atoms with Crippen LogP contribution in [-0.4, -0.2) is 27.1 Å². The second kappa shape index (κ2) is 8.19. The average molecular weight is 436 g/mol. The van der Waals surface area contributed by atoms with Gasteiger partial charge in [0, 0.05) is 25.0 Å². The molecule has 0 fully saturated rings. The number of benzene rings is 2. The Morgan fingerprint density at radius 2 is 1.84 bits per heavy atom. The topological polar surface area (TPSA) is 95.2 Å². The summed E-state index contributed by atoms with van der Waals surface area (Å²) >= 11 is 1.32. The van der Waals surface area contributed by atoms with E-state index < -0.39 is 11.2 Å². The molecular formula is C22H20N4O4S. The number of nitrogens with one attached hydrogen (secondary N) is 1. The van der Waals surface area contributed by atoms with Gasteiger partial charge in [0.15, 0.2) is 5.13 Å². The van der Waals surface area contributed by atoms with Crippen LogP contribution in [0.25, 0.3) is 22.2 Å². The lowest BCUT2D eigenvalue weighted by Crippen LogP contribution is -2.37. The van der Waals surface area contributed by atoms with Gasteiger partial charge >= 0.3 is 5.69 Å². The van der Waals surface area contributed by atoms with Crippen molar-refractivity contribution in [2.75, 3.05) is 12.4 Å². The summed E-state index contributed by atoms with van der Waals surface area (Å²) in [4.78, 5) is 42.0. The van der Waals surface area contributed by atoms with Crippen molar-refractivity contribution in [2.24, 2.45) is 14.1 Å². The molecule has 0 aliphatic heterocycles. The van der Waals surface area contributed by atoms with E-state index in [-0.39, 0.29) is 12.3 Å². The molecule has 0 aliphatic rings. The van der Waals surface area contributed by atoms with Gasteiger partial charge in [0.2, 0.25) is 5.91 Å². The van der Waals surface area contributed by atoms with E-state index in [1.165, 1.54) is 23.0 Å². The lowest BCUT2D eigenvalue weighted by atomic mass is 10.1. The molecule has 2 heterocycles. The fourth-order valence-corrected chi connectivity index (χ4v) is 4.14. The SMILES string of the molecule is COc1ccc(-c2csc(NC(=O)Cc3cccc4c3c(=O)n(C)c(=O)n4C)n2)cc1. The first-order valence-electron chi connectivity index (χ1n) is 9.46. The molecule has 0 spiro atoms. The van der Waals surface area contributed by atoms with Crippen molar-refractivity contribution in [3.8, 4) is 17.0 Å². The summed E-state index contributed by atoms with van der Waals surface area (Å²) in [5.74, 6) is 0.463. The Kier molecular flexibility index (Phi) is 5.43. The number of rotatable bonds is 5. The smallest absolute Gasteiger partial charge is 0.330 e.